The second-order valence-corrected chi connectivity index (χ2v) is 6.54. The molecule has 1 heteroatoms. The highest BCUT2D eigenvalue weighted by atomic mass is 14.9. The van der Waals surface area contributed by atoms with Crippen LogP contribution in [0.15, 0.2) is 103 Å². The van der Waals surface area contributed by atoms with Gasteiger partial charge in [0.15, 0.2) is 0 Å². The predicted molar refractivity (Wildman–Crippen MR) is 117 cm³/mol. The summed E-state index contributed by atoms with van der Waals surface area (Å²) in [4.78, 5) is 0. The fourth-order valence-corrected chi connectivity index (χ4v) is 3.61. The van der Waals surface area contributed by atoms with Gasteiger partial charge < -0.3 is 5.32 Å². The van der Waals surface area contributed by atoms with Gasteiger partial charge in [0, 0.05) is 17.8 Å². The van der Waals surface area contributed by atoms with Crippen LogP contribution in [0.1, 0.15) is 6.92 Å². The molecule has 0 bridgehead atoms. The van der Waals surface area contributed by atoms with E-state index in [0.29, 0.717) is 0 Å². The SMILES string of the molecule is CCNc1ccc(-c2ccccc2)c(-c2ccccc2)c1-c1ccccc1. The topological polar surface area (TPSA) is 12.0 Å². The smallest absolute Gasteiger partial charge is 0.0426 e. The Kier molecular flexibility index (Phi) is 5.02. The van der Waals surface area contributed by atoms with E-state index in [9.17, 15) is 0 Å². The Morgan fingerprint density at radius 1 is 0.519 bits per heavy atom. The molecule has 0 saturated carbocycles. The Morgan fingerprint density at radius 3 is 1.52 bits per heavy atom. The minimum absolute atomic E-state index is 0.888. The summed E-state index contributed by atoms with van der Waals surface area (Å²) < 4.78 is 0. The van der Waals surface area contributed by atoms with Crippen LogP contribution in [0.25, 0.3) is 33.4 Å². The molecule has 0 atom stereocenters. The van der Waals surface area contributed by atoms with Crippen molar-refractivity contribution >= 4 is 5.69 Å². The number of hydrogen-bond acceptors (Lipinski definition) is 1. The minimum Gasteiger partial charge on any atom is -0.385 e. The molecule has 27 heavy (non-hydrogen) atoms. The third kappa shape index (κ3) is 3.50. The van der Waals surface area contributed by atoms with Crippen molar-refractivity contribution in [2.24, 2.45) is 0 Å². The summed E-state index contributed by atoms with van der Waals surface area (Å²) in [5.41, 5.74) is 8.64. The van der Waals surface area contributed by atoms with Crippen molar-refractivity contribution in [3.8, 4) is 33.4 Å². The van der Waals surface area contributed by atoms with Gasteiger partial charge in [-0.1, -0.05) is 97.1 Å². The first kappa shape index (κ1) is 17.1. The quantitative estimate of drug-likeness (QED) is 0.404. The van der Waals surface area contributed by atoms with E-state index in [2.05, 4.69) is 115 Å². The third-order valence-electron chi connectivity index (χ3n) is 4.78. The van der Waals surface area contributed by atoms with E-state index in [1.54, 1.807) is 0 Å². The zero-order chi connectivity index (χ0) is 18.5. The summed E-state index contributed by atoms with van der Waals surface area (Å²) in [5.74, 6) is 0. The second kappa shape index (κ2) is 7.92. The number of hydrogen-bond donors (Lipinski definition) is 1. The zero-order valence-corrected chi connectivity index (χ0v) is 15.5. The van der Waals surface area contributed by atoms with Crippen LogP contribution in [-0.2, 0) is 0 Å². The summed E-state index contributed by atoms with van der Waals surface area (Å²) in [6.45, 7) is 3.03. The van der Waals surface area contributed by atoms with Crippen LogP contribution in [0, 0.1) is 0 Å². The summed E-state index contributed by atoms with van der Waals surface area (Å²) in [5, 5.41) is 3.56. The number of benzene rings is 4. The number of anilines is 1. The van der Waals surface area contributed by atoms with Crippen molar-refractivity contribution in [1.29, 1.82) is 0 Å². The highest BCUT2D eigenvalue weighted by Crippen LogP contribution is 2.44. The van der Waals surface area contributed by atoms with E-state index in [1.807, 2.05) is 0 Å². The van der Waals surface area contributed by atoms with Gasteiger partial charge in [-0.15, -0.1) is 0 Å². The Labute approximate surface area is 161 Å². The van der Waals surface area contributed by atoms with Crippen LogP contribution < -0.4 is 5.32 Å². The largest absolute Gasteiger partial charge is 0.385 e. The summed E-state index contributed by atoms with van der Waals surface area (Å²) in [6.07, 6.45) is 0. The lowest BCUT2D eigenvalue weighted by atomic mass is 9.86. The lowest BCUT2D eigenvalue weighted by Crippen LogP contribution is -2.01. The van der Waals surface area contributed by atoms with E-state index >= 15 is 0 Å². The first-order chi connectivity index (χ1) is 13.4. The standard InChI is InChI=1S/C26H23N/c1-2-27-24-19-18-23(20-12-6-3-7-13-20)25(21-14-8-4-9-15-21)26(24)22-16-10-5-11-17-22/h3-19,27H,2H2,1H3. The average molecular weight is 349 g/mol. The highest BCUT2D eigenvalue weighted by Gasteiger charge is 2.17. The Morgan fingerprint density at radius 2 is 1.00 bits per heavy atom. The number of rotatable bonds is 5. The molecule has 4 aromatic rings. The first-order valence-electron chi connectivity index (χ1n) is 9.45. The monoisotopic (exact) mass is 349 g/mol. The molecule has 132 valence electrons. The van der Waals surface area contributed by atoms with Gasteiger partial charge in [-0.3, -0.25) is 0 Å². The Hall–Kier alpha value is -3.32. The molecule has 0 aliphatic heterocycles. The molecule has 1 N–H and O–H groups in total. The maximum Gasteiger partial charge on any atom is 0.0426 e. The van der Waals surface area contributed by atoms with Gasteiger partial charge in [0.25, 0.3) is 0 Å². The molecule has 4 aromatic carbocycles. The molecule has 0 aliphatic rings. The molecule has 0 unspecified atom stereocenters. The maximum atomic E-state index is 3.56. The van der Waals surface area contributed by atoms with Crippen molar-refractivity contribution < 1.29 is 0 Å². The van der Waals surface area contributed by atoms with E-state index in [0.717, 1.165) is 6.54 Å². The Balaban J connectivity index is 2.08. The molecule has 1 nitrogen and oxygen atoms in total. The molecule has 0 radical (unpaired) electrons. The molecular formula is C26H23N. The van der Waals surface area contributed by atoms with Gasteiger partial charge >= 0.3 is 0 Å². The van der Waals surface area contributed by atoms with E-state index in [-0.39, 0.29) is 0 Å². The molecular weight excluding hydrogens is 326 g/mol. The normalized spacial score (nSPS) is 10.6. The molecule has 0 aliphatic carbocycles. The van der Waals surface area contributed by atoms with E-state index in [4.69, 9.17) is 0 Å². The van der Waals surface area contributed by atoms with E-state index < -0.39 is 0 Å². The molecule has 0 spiro atoms. The van der Waals surface area contributed by atoms with Gasteiger partial charge in [-0.25, -0.2) is 0 Å². The lowest BCUT2D eigenvalue weighted by Gasteiger charge is -2.20. The summed E-state index contributed by atoms with van der Waals surface area (Å²) >= 11 is 0. The molecule has 0 saturated heterocycles. The number of nitrogens with one attached hydrogen (secondary N) is 1. The van der Waals surface area contributed by atoms with Crippen molar-refractivity contribution in [2.75, 3.05) is 11.9 Å². The van der Waals surface area contributed by atoms with Gasteiger partial charge in [0.2, 0.25) is 0 Å². The third-order valence-corrected chi connectivity index (χ3v) is 4.78. The molecule has 0 heterocycles. The summed E-state index contributed by atoms with van der Waals surface area (Å²) in [7, 11) is 0. The van der Waals surface area contributed by atoms with Crippen molar-refractivity contribution in [3.63, 3.8) is 0 Å². The van der Waals surface area contributed by atoms with Crippen molar-refractivity contribution in [3.05, 3.63) is 103 Å². The van der Waals surface area contributed by atoms with Gasteiger partial charge in [0.1, 0.15) is 0 Å². The second-order valence-electron chi connectivity index (χ2n) is 6.54. The lowest BCUT2D eigenvalue weighted by molar-refractivity contribution is 1.21. The molecule has 0 fully saturated rings. The van der Waals surface area contributed by atoms with Crippen LogP contribution >= 0.6 is 0 Å². The highest BCUT2D eigenvalue weighted by molar-refractivity contribution is 6.00. The maximum absolute atomic E-state index is 3.56. The van der Waals surface area contributed by atoms with Gasteiger partial charge in [-0.2, -0.15) is 0 Å². The average Bonchev–Trinajstić information content (AvgIpc) is 2.75. The molecule has 0 amide bonds. The minimum atomic E-state index is 0.888. The first-order valence-corrected chi connectivity index (χ1v) is 9.45. The van der Waals surface area contributed by atoms with Crippen LogP contribution in [0.2, 0.25) is 0 Å². The van der Waals surface area contributed by atoms with Crippen LogP contribution in [0.3, 0.4) is 0 Å². The predicted octanol–water partition coefficient (Wildman–Crippen LogP) is 7.12. The fourth-order valence-electron chi connectivity index (χ4n) is 3.61. The van der Waals surface area contributed by atoms with Crippen LogP contribution in [0.5, 0.6) is 0 Å². The van der Waals surface area contributed by atoms with Gasteiger partial charge in [0.05, 0.1) is 0 Å². The molecule has 4 rings (SSSR count). The molecule has 0 aromatic heterocycles. The van der Waals surface area contributed by atoms with Crippen LogP contribution in [0.4, 0.5) is 5.69 Å². The van der Waals surface area contributed by atoms with Crippen molar-refractivity contribution in [1.82, 2.24) is 0 Å². The van der Waals surface area contributed by atoms with Gasteiger partial charge in [-0.05, 0) is 40.8 Å². The van der Waals surface area contributed by atoms with Crippen molar-refractivity contribution in [2.45, 2.75) is 6.92 Å². The zero-order valence-electron chi connectivity index (χ0n) is 15.5. The van der Waals surface area contributed by atoms with E-state index in [1.165, 1.54) is 39.1 Å². The summed E-state index contributed by atoms with van der Waals surface area (Å²) in [6, 6.07) is 36.4. The Bertz CT molecular complexity index is 1010. The van der Waals surface area contributed by atoms with Crippen LogP contribution in [-0.4, -0.2) is 6.54 Å². The fraction of sp³-hybridized carbons (Fsp3) is 0.0769.